The average molecular weight is 216 g/mol. The zero-order valence-electron chi connectivity index (χ0n) is 8.49. The number of ether oxygens (including phenoxy) is 1. The van der Waals surface area contributed by atoms with Crippen LogP contribution in [-0.4, -0.2) is 23.9 Å². The zero-order valence-corrected chi connectivity index (χ0v) is 9.30. The molecule has 0 aliphatic rings. The fraction of sp³-hybridized carbons (Fsp3) is 0.600. The van der Waals surface area contributed by atoms with E-state index < -0.39 is 6.10 Å². The maximum atomic E-state index is 9.62. The van der Waals surface area contributed by atoms with Crippen molar-refractivity contribution in [2.45, 2.75) is 25.9 Å². The van der Waals surface area contributed by atoms with Gasteiger partial charge in [-0.2, -0.15) is 0 Å². The Morgan fingerprint density at radius 1 is 1.57 bits per heavy atom. The molecule has 4 heteroatoms. The molecule has 0 aliphatic heterocycles. The molecular weight excluding hydrogens is 200 g/mol. The van der Waals surface area contributed by atoms with Gasteiger partial charge in [0.05, 0.1) is 13.2 Å². The molecule has 0 bridgehead atoms. The van der Waals surface area contributed by atoms with E-state index in [1.807, 2.05) is 13.0 Å². The summed E-state index contributed by atoms with van der Waals surface area (Å²) >= 11 is 1.51. The summed E-state index contributed by atoms with van der Waals surface area (Å²) in [4.78, 5) is 1.91. The van der Waals surface area contributed by atoms with Gasteiger partial charge in [-0.05, 0) is 12.5 Å². The summed E-state index contributed by atoms with van der Waals surface area (Å²) in [7, 11) is 1.60. The summed E-state index contributed by atoms with van der Waals surface area (Å²) in [5.41, 5.74) is 0. The third-order valence-corrected chi connectivity index (χ3v) is 3.34. The topological polar surface area (TPSA) is 49.7 Å². The quantitative estimate of drug-likeness (QED) is 0.788. The highest BCUT2D eigenvalue weighted by Crippen LogP contribution is 2.34. The van der Waals surface area contributed by atoms with Gasteiger partial charge in [0.25, 0.3) is 0 Å². The van der Waals surface area contributed by atoms with Gasteiger partial charge in [0.15, 0.2) is 0 Å². The molecule has 2 N–H and O–H groups in total. The van der Waals surface area contributed by atoms with Crippen LogP contribution in [0.4, 0.5) is 0 Å². The molecule has 1 aromatic rings. The van der Waals surface area contributed by atoms with Crippen molar-refractivity contribution in [2.75, 3.05) is 13.7 Å². The van der Waals surface area contributed by atoms with Crippen molar-refractivity contribution in [2.24, 2.45) is 0 Å². The molecule has 0 saturated carbocycles. The number of methoxy groups -OCH3 is 1. The minimum absolute atomic E-state index is 0.110. The fourth-order valence-corrected chi connectivity index (χ4v) is 2.44. The normalized spacial score (nSPS) is 12.9. The van der Waals surface area contributed by atoms with Crippen LogP contribution in [-0.2, 0) is 6.42 Å². The van der Waals surface area contributed by atoms with E-state index in [9.17, 15) is 5.11 Å². The molecule has 0 amide bonds. The molecule has 1 atom stereocenters. The van der Waals surface area contributed by atoms with Crippen LogP contribution in [0, 0.1) is 0 Å². The molecule has 1 unspecified atom stereocenters. The van der Waals surface area contributed by atoms with Gasteiger partial charge in [0, 0.05) is 22.8 Å². The molecule has 0 aromatic carbocycles. The van der Waals surface area contributed by atoms with E-state index in [-0.39, 0.29) is 6.61 Å². The summed E-state index contributed by atoms with van der Waals surface area (Å²) < 4.78 is 5.16. The highest BCUT2D eigenvalue weighted by Gasteiger charge is 2.13. The molecule has 14 heavy (non-hydrogen) atoms. The Bertz CT molecular complexity index is 283. The van der Waals surface area contributed by atoms with Crippen LogP contribution in [0.2, 0.25) is 0 Å². The van der Waals surface area contributed by atoms with E-state index in [2.05, 4.69) is 0 Å². The van der Waals surface area contributed by atoms with Crippen molar-refractivity contribution in [3.63, 3.8) is 0 Å². The largest absolute Gasteiger partial charge is 0.496 e. The standard InChI is InChI=1S/C10H16O3S/c1-3-7(12)10-6-8(13-2)9(14-10)4-5-11/h6-7,11-12H,3-5H2,1-2H3. The summed E-state index contributed by atoms with van der Waals surface area (Å²) in [6.45, 7) is 2.04. The lowest BCUT2D eigenvalue weighted by molar-refractivity contribution is 0.177. The molecule has 3 nitrogen and oxygen atoms in total. The third-order valence-electron chi connectivity index (χ3n) is 2.06. The molecule has 0 saturated heterocycles. The van der Waals surface area contributed by atoms with Gasteiger partial charge in [-0.15, -0.1) is 11.3 Å². The van der Waals surface area contributed by atoms with Crippen molar-refractivity contribution < 1.29 is 14.9 Å². The maximum Gasteiger partial charge on any atom is 0.133 e. The first-order valence-electron chi connectivity index (χ1n) is 4.68. The lowest BCUT2D eigenvalue weighted by Gasteiger charge is -2.01. The van der Waals surface area contributed by atoms with Crippen LogP contribution >= 0.6 is 11.3 Å². The van der Waals surface area contributed by atoms with Crippen molar-refractivity contribution >= 4 is 11.3 Å². The Labute approximate surface area is 88.0 Å². The smallest absolute Gasteiger partial charge is 0.133 e. The second kappa shape index (κ2) is 5.34. The number of thiophene rings is 1. The lowest BCUT2D eigenvalue weighted by Crippen LogP contribution is -1.90. The summed E-state index contributed by atoms with van der Waals surface area (Å²) in [5, 5.41) is 18.5. The second-order valence-electron chi connectivity index (χ2n) is 3.04. The predicted octanol–water partition coefficient (Wildman–Crippen LogP) is 1.73. The SMILES string of the molecule is CCC(O)c1cc(OC)c(CCO)s1. The molecule has 0 aliphatic carbocycles. The van der Waals surface area contributed by atoms with Gasteiger partial charge in [-0.3, -0.25) is 0 Å². The Kier molecular flexibility index (Phi) is 4.38. The van der Waals surface area contributed by atoms with E-state index in [4.69, 9.17) is 9.84 Å². The van der Waals surface area contributed by atoms with Crippen molar-refractivity contribution in [3.05, 3.63) is 15.8 Å². The maximum absolute atomic E-state index is 9.62. The number of hydrogen-bond donors (Lipinski definition) is 2. The molecular formula is C10H16O3S. The number of rotatable bonds is 5. The fourth-order valence-electron chi connectivity index (χ4n) is 1.25. The highest BCUT2D eigenvalue weighted by atomic mass is 32.1. The number of aliphatic hydroxyl groups is 2. The van der Waals surface area contributed by atoms with E-state index in [0.29, 0.717) is 12.8 Å². The first kappa shape index (κ1) is 11.5. The molecule has 0 fully saturated rings. The Hall–Kier alpha value is -0.580. The third kappa shape index (κ3) is 2.47. The van der Waals surface area contributed by atoms with Crippen LogP contribution in [0.1, 0.15) is 29.2 Å². The van der Waals surface area contributed by atoms with Crippen LogP contribution < -0.4 is 4.74 Å². The second-order valence-corrected chi connectivity index (χ2v) is 4.21. The van der Waals surface area contributed by atoms with Crippen LogP contribution in [0.5, 0.6) is 5.75 Å². The minimum atomic E-state index is -0.415. The van der Waals surface area contributed by atoms with Crippen molar-refractivity contribution in [1.82, 2.24) is 0 Å². The summed E-state index contributed by atoms with van der Waals surface area (Å²) in [6, 6.07) is 1.85. The summed E-state index contributed by atoms with van der Waals surface area (Å²) in [5.74, 6) is 0.770. The van der Waals surface area contributed by atoms with Gasteiger partial charge in [0.1, 0.15) is 5.75 Å². The Morgan fingerprint density at radius 2 is 2.29 bits per heavy atom. The molecule has 80 valence electrons. The Morgan fingerprint density at radius 3 is 2.79 bits per heavy atom. The van der Waals surface area contributed by atoms with E-state index >= 15 is 0 Å². The minimum Gasteiger partial charge on any atom is -0.496 e. The molecule has 0 radical (unpaired) electrons. The van der Waals surface area contributed by atoms with Gasteiger partial charge >= 0.3 is 0 Å². The predicted molar refractivity (Wildman–Crippen MR) is 56.9 cm³/mol. The number of hydrogen-bond acceptors (Lipinski definition) is 4. The zero-order chi connectivity index (χ0) is 10.6. The van der Waals surface area contributed by atoms with Crippen LogP contribution in [0.25, 0.3) is 0 Å². The first-order chi connectivity index (χ1) is 6.72. The van der Waals surface area contributed by atoms with Crippen LogP contribution in [0.15, 0.2) is 6.07 Å². The van der Waals surface area contributed by atoms with Gasteiger partial charge in [-0.25, -0.2) is 0 Å². The van der Waals surface area contributed by atoms with E-state index in [0.717, 1.165) is 15.5 Å². The van der Waals surface area contributed by atoms with E-state index in [1.54, 1.807) is 7.11 Å². The first-order valence-corrected chi connectivity index (χ1v) is 5.50. The van der Waals surface area contributed by atoms with Gasteiger partial charge < -0.3 is 14.9 Å². The molecule has 1 rings (SSSR count). The highest BCUT2D eigenvalue weighted by molar-refractivity contribution is 7.12. The average Bonchev–Trinajstić information content (AvgIpc) is 2.60. The van der Waals surface area contributed by atoms with Crippen LogP contribution in [0.3, 0.4) is 0 Å². The lowest BCUT2D eigenvalue weighted by atomic mass is 10.2. The van der Waals surface area contributed by atoms with E-state index in [1.165, 1.54) is 11.3 Å². The van der Waals surface area contributed by atoms with Gasteiger partial charge in [0.2, 0.25) is 0 Å². The Balaban J connectivity index is 2.88. The monoisotopic (exact) mass is 216 g/mol. The molecule has 1 aromatic heterocycles. The molecule has 1 heterocycles. The molecule has 0 spiro atoms. The summed E-state index contributed by atoms with van der Waals surface area (Å²) in [6.07, 6.45) is 0.869. The van der Waals surface area contributed by atoms with Crippen molar-refractivity contribution in [1.29, 1.82) is 0 Å². The van der Waals surface area contributed by atoms with Crippen molar-refractivity contribution in [3.8, 4) is 5.75 Å². The number of aliphatic hydroxyl groups excluding tert-OH is 2. The van der Waals surface area contributed by atoms with Gasteiger partial charge in [-0.1, -0.05) is 6.92 Å².